The van der Waals surface area contributed by atoms with Crippen molar-refractivity contribution in [1.29, 1.82) is 0 Å². The van der Waals surface area contributed by atoms with Crippen LogP contribution in [-0.4, -0.2) is 62.0 Å². The quantitative estimate of drug-likeness (QED) is 0.743. The highest BCUT2D eigenvalue weighted by atomic mass is 35.5. The highest BCUT2D eigenvalue weighted by Gasteiger charge is 2.34. The normalized spacial score (nSPS) is 23.4. The lowest BCUT2D eigenvalue weighted by Gasteiger charge is -2.37. The van der Waals surface area contributed by atoms with Crippen LogP contribution in [0, 0.1) is 12.3 Å². The van der Waals surface area contributed by atoms with Gasteiger partial charge < -0.3 is 10.5 Å². The van der Waals surface area contributed by atoms with Gasteiger partial charge >= 0.3 is 0 Å². The van der Waals surface area contributed by atoms with Crippen LogP contribution in [0.2, 0.25) is 0 Å². The average Bonchev–Trinajstić information content (AvgIpc) is 2.46. The number of nitrogens with two attached hydrogens (primary N) is 1. The molecule has 2 heterocycles. The van der Waals surface area contributed by atoms with Crippen molar-refractivity contribution in [3.05, 3.63) is 0 Å². The zero-order valence-electron chi connectivity index (χ0n) is 12.1. The first-order valence-corrected chi connectivity index (χ1v) is 8.49. The lowest BCUT2D eigenvalue weighted by atomic mass is 10.1. The van der Waals surface area contributed by atoms with Gasteiger partial charge in [-0.2, -0.15) is 17.0 Å². The van der Waals surface area contributed by atoms with Gasteiger partial charge in [-0.15, -0.1) is 18.8 Å². The van der Waals surface area contributed by atoms with Crippen molar-refractivity contribution in [2.24, 2.45) is 5.73 Å². The van der Waals surface area contributed by atoms with E-state index >= 15 is 0 Å². The second-order valence-corrected chi connectivity index (χ2v) is 7.29. The number of terminal acetylenes is 1. The van der Waals surface area contributed by atoms with Gasteiger partial charge in [0, 0.05) is 32.2 Å². The third-order valence-corrected chi connectivity index (χ3v) is 5.99. The smallest absolute Gasteiger partial charge is 0.281 e. The second-order valence-electron chi connectivity index (χ2n) is 5.36. The Kier molecular flexibility index (Phi) is 7.40. The Morgan fingerprint density at radius 2 is 1.57 bits per heavy atom. The Balaban J connectivity index is 0.00000220. The Bertz CT molecular complexity index is 450. The first-order chi connectivity index (χ1) is 9.54. The molecule has 0 atom stereocenters. The van der Waals surface area contributed by atoms with Gasteiger partial charge in [0.15, 0.2) is 0 Å². The highest BCUT2D eigenvalue weighted by Crippen LogP contribution is 2.21. The van der Waals surface area contributed by atoms with Crippen molar-refractivity contribution in [3.63, 3.8) is 0 Å². The monoisotopic (exact) mass is 337 g/mol. The molecule has 0 unspecified atom stereocenters. The number of ether oxygens (including phenoxy) is 1. The van der Waals surface area contributed by atoms with Gasteiger partial charge in [0.05, 0.1) is 6.10 Å². The summed E-state index contributed by atoms with van der Waals surface area (Å²) >= 11 is 0. The average molecular weight is 338 g/mol. The van der Waals surface area contributed by atoms with Gasteiger partial charge in [-0.3, -0.25) is 0 Å². The molecular formula is C13H24ClN3O3S. The fourth-order valence-corrected chi connectivity index (χ4v) is 4.34. The maximum atomic E-state index is 12.5. The number of rotatable bonds is 4. The van der Waals surface area contributed by atoms with Crippen LogP contribution in [0.4, 0.5) is 0 Å². The predicted octanol–water partition coefficient (Wildman–Crippen LogP) is 0.190. The molecule has 0 radical (unpaired) electrons. The van der Waals surface area contributed by atoms with Crippen LogP contribution in [0.5, 0.6) is 0 Å². The van der Waals surface area contributed by atoms with Gasteiger partial charge in [-0.1, -0.05) is 5.92 Å². The third-order valence-electron chi connectivity index (χ3n) is 3.95. The molecule has 21 heavy (non-hydrogen) atoms. The van der Waals surface area contributed by atoms with Gasteiger partial charge in [0.1, 0.15) is 6.61 Å². The van der Waals surface area contributed by atoms with E-state index in [4.69, 9.17) is 16.9 Å². The van der Waals surface area contributed by atoms with Gasteiger partial charge in [-0.25, -0.2) is 0 Å². The Morgan fingerprint density at radius 1 is 1.10 bits per heavy atom. The summed E-state index contributed by atoms with van der Waals surface area (Å²) in [6.07, 6.45) is 8.11. The summed E-state index contributed by atoms with van der Waals surface area (Å²) in [5, 5.41) is 0. The molecule has 0 saturated carbocycles. The van der Waals surface area contributed by atoms with E-state index in [-0.39, 0.29) is 24.6 Å². The maximum Gasteiger partial charge on any atom is 0.281 e. The standard InChI is InChI=1S/C13H23N3O3S.ClH/c1-2-11-19-13-5-9-16(10-6-13)20(17,18)15-7-3-12(14)4-8-15;/h1,12-13H,3-11,14H2;1H. The Hall–Kier alpha value is -0.360. The molecule has 2 rings (SSSR count). The number of hydrogen-bond acceptors (Lipinski definition) is 4. The second kappa shape index (κ2) is 8.32. The zero-order valence-corrected chi connectivity index (χ0v) is 13.7. The fraction of sp³-hybridized carbons (Fsp3) is 0.846. The van der Waals surface area contributed by atoms with E-state index in [0.717, 1.165) is 12.8 Å². The van der Waals surface area contributed by atoms with Crippen molar-refractivity contribution in [2.75, 3.05) is 32.8 Å². The minimum Gasteiger partial charge on any atom is -0.365 e. The summed E-state index contributed by atoms with van der Waals surface area (Å²) in [6, 6.07) is 0.129. The van der Waals surface area contributed by atoms with E-state index in [9.17, 15) is 8.42 Å². The number of piperidine rings is 2. The molecule has 0 spiro atoms. The largest absolute Gasteiger partial charge is 0.365 e. The molecule has 0 aromatic rings. The van der Waals surface area contributed by atoms with Gasteiger partial charge in [0.25, 0.3) is 10.2 Å². The van der Waals surface area contributed by atoms with Crippen molar-refractivity contribution < 1.29 is 13.2 Å². The minimum absolute atomic E-state index is 0. The number of hydrogen-bond donors (Lipinski definition) is 1. The van der Waals surface area contributed by atoms with E-state index in [1.54, 1.807) is 8.61 Å². The molecule has 2 fully saturated rings. The fourth-order valence-electron chi connectivity index (χ4n) is 2.67. The van der Waals surface area contributed by atoms with Crippen LogP contribution in [0.15, 0.2) is 0 Å². The molecule has 0 aromatic carbocycles. The van der Waals surface area contributed by atoms with E-state index in [1.165, 1.54) is 0 Å². The first kappa shape index (κ1) is 18.7. The molecule has 2 saturated heterocycles. The Morgan fingerprint density at radius 3 is 2.05 bits per heavy atom. The topological polar surface area (TPSA) is 75.9 Å². The van der Waals surface area contributed by atoms with Crippen LogP contribution in [-0.2, 0) is 14.9 Å². The van der Waals surface area contributed by atoms with Crippen molar-refractivity contribution in [2.45, 2.75) is 37.8 Å². The lowest BCUT2D eigenvalue weighted by Crippen LogP contribution is -2.51. The van der Waals surface area contributed by atoms with Crippen molar-refractivity contribution in [3.8, 4) is 12.3 Å². The molecular weight excluding hydrogens is 314 g/mol. The third kappa shape index (κ3) is 4.81. The number of nitrogens with zero attached hydrogens (tertiary/aromatic N) is 2. The molecule has 2 aliphatic heterocycles. The SMILES string of the molecule is C#CCOC1CCN(S(=O)(=O)N2CCC(N)CC2)CC1.Cl. The summed E-state index contributed by atoms with van der Waals surface area (Å²) in [7, 11) is -3.34. The molecule has 0 amide bonds. The van der Waals surface area contributed by atoms with E-state index < -0.39 is 10.2 Å². The van der Waals surface area contributed by atoms with Crippen molar-refractivity contribution in [1.82, 2.24) is 8.61 Å². The van der Waals surface area contributed by atoms with Crippen LogP contribution in [0.1, 0.15) is 25.7 Å². The first-order valence-electron chi connectivity index (χ1n) is 7.10. The maximum absolute atomic E-state index is 12.5. The molecule has 0 aromatic heterocycles. The summed E-state index contributed by atoms with van der Waals surface area (Å²) < 4.78 is 33.6. The molecule has 8 heteroatoms. The van der Waals surface area contributed by atoms with Gasteiger partial charge in [0.2, 0.25) is 0 Å². The summed E-state index contributed by atoms with van der Waals surface area (Å²) in [5.74, 6) is 2.44. The molecule has 0 bridgehead atoms. The highest BCUT2D eigenvalue weighted by molar-refractivity contribution is 7.86. The van der Waals surface area contributed by atoms with E-state index in [0.29, 0.717) is 45.6 Å². The number of halogens is 1. The molecule has 0 aliphatic carbocycles. The van der Waals surface area contributed by atoms with Crippen LogP contribution < -0.4 is 5.73 Å². The van der Waals surface area contributed by atoms with Gasteiger partial charge in [-0.05, 0) is 25.7 Å². The molecule has 2 N–H and O–H groups in total. The molecule has 122 valence electrons. The summed E-state index contributed by atoms with van der Waals surface area (Å²) in [6.45, 7) is 2.34. The Labute approximate surface area is 133 Å². The minimum atomic E-state index is -3.34. The zero-order chi connectivity index (χ0) is 14.6. The summed E-state index contributed by atoms with van der Waals surface area (Å²) in [4.78, 5) is 0. The predicted molar refractivity (Wildman–Crippen MR) is 84.3 cm³/mol. The van der Waals surface area contributed by atoms with Crippen molar-refractivity contribution >= 4 is 22.6 Å². The van der Waals surface area contributed by atoms with Crippen LogP contribution in [0.3, 0.4) is 0 Å². The van der Waals surface area contributed by atoms with E-state index in [2.05, 4.69) is 5.92 Å². The molecule has 6 nitrogen and oxygen atoms in total. The van der Waals surface area contributed by atoms with E-state index in [1.807, 2.05) is 0 Å². The molecule has 2 aliphatic rings. The van der Waals surface area contributed by atoms with Crippen LogP contribution >= 0.6 is 12.4 Å². The summed E-state index contributed by atoms with van der Waals surface area (Å²) in [5.41, 5.74) is 5.82. The lowest BCUT2D eigenvalue weighted by molar-refractivity contribution is 0.0397. The van der Waals surface area contributed by atoms with Crippen LogP contribution in [0.25, 0.3) is 0 Å².